The van der Waals surface area contributed by atoms with Crippen LogP contribution in [0.4, 0.5) is 5.69 Å². The molecule has 1 aromatic heterocycles. The van der Waals surface area contributed by atoms with Gasteiger partial charge in [0.2, 0.25) is 5.91 Å². The Kier molecular flexibility index (Phi) is 6.43. The van der Waals surface area contributed by atoms with Gasteiger partial charge in [-0.2, -0.15) is 0 Å². The number of carboxylic acids is 1. The molecule has 0 bridgehead atoms. The van der Waals surface area contributed by atoms with Crippen molar-refractivity contribution in [3.05, 3.63) is 59.4 Å². The third-order valence-corrected chi connectivity index (χ3v) is 3.50. The first kappa shape index (κ1) is 19.1. The van der Waals surface area contributed by atoms with E-state index in [9.17, 15) is 14.4 Å². The lowest BCUT2D eigenvalue weighted by atomic mass is 10.1. The lowest BCUT2D eigenvalue weighted by Gasteiger charge is -2.10. The van der Waals surface area contributed by atoms with Gasteiger partial charge in [0.25, 0.3) is 5.91 Å². The number of anilines is 1. The first-order chi connectivity index (χ1) is 12.3. The molecule has 2 amide bonds. The monoisotopic (exact) mass is 355 g/mol. The Bertz CT molecular complexity index is 818. The number of aromatic carboxylic acids is 1. The maximum Gasteiger partial charge on any atom is 0.354 e. The molecular formula is C19H21N3O4. The van der Waals surface area contributed by atoms with Crippen molar-refractivity contribution >= 4 is 23.5 Å². The van der Waals surface area contributed by atoms with Gasteiger partial charge >= 0.3 is 5.97 Å². The number of hydrogen-bond donors (Lipinski definition) is 3. The molecule has 26 heavy (non-hydrogen) atoms. The summed E-state index contributed by atoms with van der Waals surface area (Å²) in [7, 11) is 0. The van der Waals surface area contributed by atoms with Crippen molar-refractivity contribution in [2.45, 2.75) is 26.8 Å². The normalized spacial score (nSPS) is 10.4. The molecule has 0 fully saturated rings. The van der Waals surface area contributed by atoms with Crippen molar-refractivity contribution in [1.82, 2.24) is 10.3 Å². The Morgan fingerprint density at radius 3 is 2.62 bits per heavy atom. The Hall–Kier alpha value is -3.22. The SMILES string of the molecule is CC(C)CC(=O)Nc1cccc(CNC(=O)c2ccnc(C(=O)O)c2)c1. The largest absolute Gasteiger partial charge is 0.477 e. The quantitative estimate of drug-likeness (QED) is 0.707. The summed E-state index contributed by atoms with van der Waals surface area (Å²) < 4.78 is 0. The number of carbonyl (C=O) groups is 3. The maximum atomic E-state index is 12.2. The fourth-order valence-electron chi connectivity index (χ4n) is 2.31. The third kappa shape index (κ3) is 5.70. The highest BCUT2D eigenvalue weighted by molar-refractivity contribution is 5.96. The number of hydrogen-bond acceptors (Lipinski definition) is 4. The van der Waals surface area contributed by atoms with E-state index in [-0.39, 0.29) is 29.6 Å². The van der Waals surface area contributed by atoms with Crippen LogP contribution in [0.15, 0.2) is 42.6 Å². The first-order valence-electron chi connectivity index (χ1n) is 8.21. The third-order valence-electron chi connectivity index (χ3n) is 3.50. The molecule has 1 aromatic carbocycles. The van der Waals surface area contributed by atoms with E-state index in [4.69, 9.17) is 5.11 Å². The molecule has 3 N–H and O–H groups in total. The number of aromatic nitrogens is 1. The summed E-state index contributed by atoms with van der Waals surface area (Å²) in [6.07, 6.45) is 1.72. The van der Waals surface area contributed by atoms with Gasteiger partial charge in [0, 0.05) is 30.4 Å². The molecule has 0 spiro atoms. The molecule has 7 nitrogen and oxygen atoms in total. The van der Waals surface area contributed by atoms with Crippen LogP contribution in [0.3, 0.4) is 0 Å². The minimum absolute atomic E-state index is 0.0563. The minimum Gasteiger partial charge on any atom is -0.477 e. The number of carbonyl (C=O) groups excluding carboxylic acids is 2. The lowest BCUT2D eigenvalue weighted by molar-refractivity contribution is -0.116. The van der Waals surface area contributed by atoms with Gasteiger partial charge in [-0.05, 0) is 35.7 Å². The van der Waals surface area contributed by atoms with E-state index in [1.165, 1.54) is 18.3 Å². The Morgan fingerprint density at radius 1 is 1.15 bits per heavy atom. The van der Waals surface area contributed by atoms with Gasteiger partial charge in [-0.3, -0.25) is 9.59 Å². The molecule has 0 aliphatic rings. The summed E-state index contributed by atoms with van der Waals surface area (Å²) in [5.41, 5.74) is 1.51. The average molecular weight is 355 g/mol. The van der Waals surface area contributed by atoms with E-state index in [0.717, 1.165) is 5.56 Å². The topological polar surface area (TPSA) is 108 Å². The molecule has 0 aliphatic carbocycles. The van der Waals surface area contributed by atoms with E-state index in [1.807, 2.05) is 19.9 Å². The number of amides is 2. The number of carboxylic acid groups (broad SMARTS) is 1. The summed E-state index contributed by atoms with van der Waals surface area (Å²) in [6.45, 7) is 4.19. The van der Waals surface area contributed by atoms with Crippen LogP contribution in [0.1, 0.15) is 46.7 Å². The minimum atomic E-state index is -1.19. The highest BCUT2D eigenvalue weighted by atomic mass is 16.4. The van der Waals surface area contributed by atoms with Crippen molar-refractivity contribution in [3.63, 3.8) is 0 Å². The predicted molar refractivity (Wildman–Crippen MR) is 96.9 cm³/mol. The number of rotatable bonds is 7. The lowest BCUT2D eigenvalue weighted by Crippen LogP contribution is -2.23. The zero-order chi connectivity index (χ0) is 19.1. The molecule has 0 atom stereocenters. The van der Waals surface area contributed by atoms with Crippen molar-refractivity contribution in [3.8, 4) is 0 Å². The van der Waals surface area contributed by atoms with Gasteiger partial charge < -0.3 is 15.7 Å². The molecule has 2 aromatic rings. The van der Waals surface area contributed by atoms with E-state index in [2.05, 4.69) is 15.6 Å². The van der Waals surface area contributed by atoms with Crippen LogP contribution < -0.4 is 10.6 Å². The van der Waals surface area contributed by atoms with E-state index in [0.29, 0.717) is 12.1 Å². The molecule has 0 saturated carbocycles. The van der Waals surface area contributed by atoms with Crippen molar-refractivity contribution in [2.75, 3.05) is 5.32 Å². The van der Waals surface area contributed by atoms with E-state index >= 15 is 0 Å². The van der Waals surface area contributed by atoms with Crippen molar-refractivity contribution in [1.29, 1.82) is 0 Å². The molecule has 2 rings (SSSR count). The van der Waals surface area contributed by atoms with Gasteiger partial charge in [0.15, 0.2) is 0 Å². The second kappa shape index (κ2) is 8.75. The number of pyridine rings is 1. The van der Waals surface area contributed by atoms with Crippen LogP contribution in [0.2, 0.25) is 0 Å². The molecular weight excluding hydrogens is 334 g/mol. The zero-order valence-corrected chi connectivity index (χ0v) is 14.7. The molecule has 1 heterocycles. The molecule has 136 valence electrons. The van der Waals surface area contributed by atoms with Gasteiger partial charge in [0.05, 0.1) is 0 Å². The standard InChI is InChI=1S/C19H21N3O4/c1-12(2)8-17(23)22-15-5-3-4-13(9-15)11-21-18(24)14-6-7-20-16(10-14)19(25)26/h3-7,9-10,12H,8,11H2,1-2H3,(H,21,24)(H,22,23)(H,25,26). The van der Waals surface area contributed by atoms with Crippen LogP contribution in [-0.2, 0) is 11.3 Å². The Morgan fingerprint density at radius 2 is 1.92 bits per heavy atom. The van der Waals surface area contributed by atoms with Crippen molar-refractivity contribution < 1.29 is 19.5 Å². The fraction of sp³-hybridized carbons (Fsp3) is 0.263. The second-order valence-electron chi connectivity index (χ2n) is 6.26. The van der Waals surface area contributed by atoms with Crippen LogP contribution in [0.25, 0.3) is 0 Å². The molecule has 0 unspecified atom stereocenters. The predicted octanol–water partition coefficient (Wildman–Crippen LogP) is 2.69. The van der Waals surface area contributed by atoms with Gasteiger partial charge in [0.1, 0.15) is 5.69 Å². The number of benzene rings is 1. The van der Waals surface area contributed by atoms with Crippen LogP contribution >= 0.6 is 0 Å². The number of nitrogens with zero attached hydrogens (tertiary/aromatic N) is 1. The molecule has 7 heteroatoms. The zero-order valence-electron chi connectivity index (χ0n) is 14.7. The van der Waals surface area contributed by atoms with Crippen LogP contribution in [0, 0.1) is 5.92 Å². The van der Waals surface area contributed by atoms with Gasteiger partial charge in [-0.1, -0.05) is 26.0 Å². The Labute approximate surface area is 151 Å². The average Bonchev–Trinajstić information content (AvgIpc) is 2.59. The summed E-state index contributed by atoms with van der Waals surface area (Å²) in [5.74, 6) is -1.37. The highest BCUT2D eigenvalue weighted by Crippen LogP contribution is 2.12. The van der Waals surface area contributed by atoms with Gasteiger partial charge in [-0.25, -0.2) is 9.78 Å². The highest BCUT2D eigenvalue weighted by Gasteiger charge is 2.11. The first-order valence-corrected chi connectivity index (χ1v) is 8.21. The molecule has 0 aliphatic heterocycles. The summed E-state index contributed by atoms with van der Waals surface area (Å²) in [4.78, 5) is 38.6. The van der Waals surface area contributed by atoms with Crippen molar-refractivity contribution in [2.24, 2.45) is 5.92 Å². The van der Waals surface area contributed by atoms with E-state index < -0.39 is 11.9 Å². The molecule has 0 radical (unpaired) electrons. The second-order valence-corrected chi connectivity index (χ2v) is 6.26. The van der Waals surface area contributed by atoms with Crippen LogP contribution in [0.5, 0.6) is 0 Å². The summed E-state index contributed by atoms with van der Waals surface area (Å²) in [6, 6.07) is 9.86. The van der Waals surface area contributed by atoms with E-state index in [1.54, 1.807) is 18.2 Å². The number of nitrogens with one attached hydrogen (secondary N) is 2. The molecule has 0 saturated heterocycles. The summed E-state index contributed by atoms with van der Waals surface area (Å²) in [5, 5.41) is 14.5. The van der Waals surface area contributed by atoms with Crippen LogP contribution in [-0.4, -0.2) is 27.9 Å². The fourth-order valence-corrected chi connectivity index (χ4v) is 2.31. The van der Waals surface area contributed by atoms with Gasteiger partial charge in [-0.15, -0.1) is 0 Å². The summed E-state index contributed by atoms with van der Waals surface area (Å²) >= 11 is 0. The smallest absolute Gasteiger partial charge is 0.354 e. The Balaban J connectivity index is 1.98. The maximum absolute atomic E-state index is 12.2.